The Bertz CT molecular complexity index is 1980. The van der Waals surface area contributed by atoms with Crippen LogP contribution in [0.25, 0.3) is 10.8 Å². The Labute approximate surface area is 356 Å². The first-order valence-corrected chi connectivity index (χ1v) is 22.0. The highest BCUT2D eigenvalue weighted by Crippen LogP contribution is 2.20. The van der Waals surface area contributed by atoms with Gasteiger partial charge < -0.3 is 36.6 Å². The molecule has 324 valence electrons. The summed E-state index contributed by atoms with van der Waals surface area (Å²) < 4.78 is 0. The van der Waals surface area contributed by atoms with E-state index >= 15 is 0 Å². The van der Waals surface area contributed by atoms with Crippen LogP contribution in [0.15, 0.2) is 72.8 Å². The molecule has 1 saturated heterocycles. The molecule has 1 fully saturated rings. The largest absolute Gasteiger partial charge is 0.480 e. The number of carbonyl (C=O) groups excluding carboxylic acids is 6. The van der Waals surface area contributed by atoms with E-state index in [1.165, 1.54) is 23.6 Å². The molecule has 0 saturated carbocycles. The summed E-state index contributed by atoms with van der Waals surface area (Å²) in [6.07, 6.45) is 3.49. The first kappa shape index (κ1) is 47.2. The molecule has 15 heteroatoms. The van der Waals surface area contributed by atoms with E-state index < -0.39 is 77.7 Å². The number of likely N-dealkylation sites (tertiary alicyclic amines) is 1. The van der Waals surface area contributed by atoms with E-state index in [9.17, 15) is 38.7 Å². The van der Waals surface area contributed by atoms with Crippen LogP contribution >= 0.6 is 11.8 Å². The molecule has 3 aromatic rings. The highest BCUT2D eigenvalue weighted by Gasteiger charge is 2.37. The van der Waals surface area contributed by atoms with E-state index in [4.69, 9.17) is 0 Å². The van der Waals surface area contributed by atoms with Crippen LogP contribution in [0, 0.1) is 11.8 Å². The van der Waals surface area contributed by atoms with Crippen molar-refractivity contribution in [2.24, 2.45) is 11.8 Å². The quantitative estimate of drug-likeness (QED) is 0.0927. The maximum absolute atomic E-state index is 14.3. The number of carbonyl (C=O) groups is 7. The third kappa shape index (κ3) is 13.8. The Kier molecular flexibility index (Phi) is 18.0. The predicted molar refractivity (Wildman–Crippen MR) is 233 cm³/mol. The summed E-state index contributed by atoms with van der Waals surface area (Å²) in [5.41, 5.74) is 1.49. The van der Waals surface area contributed by atoms with Crippen LogP contribution in [0.4, 0.5) is 0 Å². The molecular weight excluding hydrogens is 785 g/mol. The topological polar surface area (TPSA) is 203 Å². The van der Waals surface area contributed by atoms with Gasteiger partial charge in [0, 0.05) is 26.3 Å². The van der Waals surface area contributed by atoms with E-state index in [1.807, 2.05) is 68.6 Å². The minimum Gasteiger partial charge on any atom is -0.480 e. The molecule has 6 N–H and O–H groups in total. The number of amides is 6. The van der Waals surface area contributed by atoms with Crippen molar-refractivity contribution in [3.8, 4) is 0 Å². The van der Waals surface area contributed by atoms with Crippen molar-refractivity contribution in [3.05, 3.63) is 83.9 Å². The lowest BCUT2D eigenvalue weighted by atomic mass is 9.98. The second-order valence-electron chi connectivity index (χ2n) is 16.2. The number of rotatable bonds is 21. The molecule has 6 atom stereocenters. The van der Waals surface area contributed by atoms with Crippen LogP contribution in [0.3, 0.4) is 0 Å². The van der Waals surface area contributed by atoms with Gasteiger partial charge in [-0.05, 0) is 71.4 Å². The van der Waals surface area contributed by atoms with Crippen LogP contribution < -0.4 is 26.6 Å². The summed E-state index contributed by atoms with van der Waals surface area (Å²) in [5.74, 6) is -4.48. The first-order chi connectivity index (χ1) is 28.6. The fourth-order valence-corrected chi connectivity index (χ4v) is 7.82. The van der Waals surface area contributed by atoms with Crippen molar-refractivity contribution in [2.45, 2.75) is 109 Å². The van der Waals surface area contributed by atoms with E-state index in [0.717, 1.165) is 21.9 Å². The zero-order valence-corrected chi connectivity index (χ0v) is 36.2. The van der Waals surface area contributed by atoms with Crippen LogP contribution in [0.5, 0.6) is 0 Å². The van der Waals surface area contributed by atoms with Gasteiger partial charge in [0.25, 0.3) is 0 Å². The van der Waals surface area contributed by atoms with Gasteiger partial charge in [0.05, 0.1) is 0 Å². The Morgan fingerprint density at radius 3 is 1.92 bits per heavy atom. The monoisotopic (exact) mass is 844 g/mol. The molecule has 60 heavy (non-hydrogen) atoms. The van der Waals surface area contributed by atoms with Gasteiger partial charge in [-0.1, -0.05) is 100 Å². The van der Waals surface area contributed by atoms with Gasteiger partial charge in [0.1, 0.15) is 36.3 Å². The van der Waals surface area contributed by atoms with Gasteiger partial charge >= 0.3 is 5.97 Å². The van der Waals surface area contributed by atoms with Gasteiger partial charge in [0.2, 0.25) is 35.4 Å². The number of carboxylic acid groups (broad SMARTS) is 1. The fourth-order valence-electron chi connectivity index (χ4n) is 7.34. The molecule has 4 rings (SSSR count). The summed E-state index contributed by atoms with van der Waals surface area (Å²) in [5, 5.41) is 25.6. The summed E-state index contributed by atoms with van der Waals surface area (Å²) >= 11 is 1.45. The maximum Gasteiger partial charge on any atom is 0.326 e. The summed E-state index contributed by atoms with van der Waals surface area (Å²) in [6.45, 7) is 9.08. The van der Waals surface area contributed by atoms with Gasteiger partial charge in [0.15, 0.2) is 0 Å². The summed E-state index contributed by atoms with van der Waals surface area (Å²) in [6, 6.07) is 16.1. The average molecular weight is 845 g/mol. The smallest absolute Gasteiger partial charge is 0.326 e. The van der Waals surface area contributed by atoms with E-state index in [1.54, 1.807) is 38.1 Å². The van der Waals surface area contributed by atoms with Gasteiger partial charge in [-0.3, -0.25) is 28.8 Å². The van der Waals surface area contributed by atoms with E-state index in [2.05, 4.69) is 26.6 Å². The van der Waals surface area contributed by atoms with Crippen molar-refractivity contribution in [1.29, 1.82) is 0 Å². The van der Waals surface area contributed by atoms with Gasteiger partial charge in [-0.15, -0.1) is 0 Å². The molecule has 6 amide bonds. The summed E-state index contributed by atoms with van der Waals surface area (Å²) in [7, 11) is 0. The molecule has 3 aromatic carbocycles. The Hall–Kier alpha value is -5.44. The molecule has 0 bridgehead atoms. The molecule has 1 aliphatic rings. The Morgan fingerprint density at radius 1 is 0.700 bits per heavy atom. The van der Waals surface area contributed by atoms with Crippen LogP contribution in [0.1, 0.15) is 71.4 Å². The lowest BCUT2D eigenvalue weighted by molar-refractivity contribution is -0.142. The zero-order valence-electron chi connectivity index (χ0n) is 35.4. The third-order valence-corrected chi connectivity index (χ3v) is 11.2. The van der Waals surface area contributed by atoms with Crippen LogP contribution in [-0.4, -0.2) is 106 Å². The number of fused-ring (bicyclic) bond motifs is 1. The third-order valence-electron chi connectivity index (χ3n) is 10.6. The number of benzene rings is 3. The number of hydrogen-bond donors (Lipinski definition) is 6. The molecular formula is C45H60N6O8S. The highest BCUT2D eigenvalue weighted by atomic mass is 32.2. The van der Waals surface area contributed by atoms with E-state index in [0.29, 0.717) is 25.1 Å². The maximum atomic E-state index is 14.3. The first-order valence-electron chi connectivity index (χ1n) is 20.6. The molecule has 1 heterocycles. The number of thioether (sulfide) groups is 1. The van der Waals surface area contributed by atoms with Crippen molar-refractivity contribution >= 4 is 63.9 Å². The van der Waals surface area contributed by atoms with Crippen molar-refractivity contribution in [1.82, 2.24) is 31.5 Å². The minimum atomic E-state index is -1.19. The second-order valence-corrected chi connectivity index (χ2v) is 17.2. The second kappa shape index (κ2) is 22.8. The fraction of sp³-hybridized carbons (Fsp3) is 0.489. The van der Waals surface area contributed by atoms with E-state index in [-0.39, 0.29) is 37.5 Å². The van der Waals surface area contributed by atoms with Crippen LogP contribution in [0.2, 0.25) is 0 Å². The van der Waals surface area contributed by atoms with Crippen molar-refractivity contribution in [3.63, 3.8) is 0 Å². The summed E-state index contributed by atoms with van der Waals surface area (Å²) in [4.78, 5) is 95.6. The lowest BCUT2D eigenvalue weighted by Gasteiger charge is -2.29. The Morgan fingerprint density at radius 2 is 1.28 bits per heavy atom. The number of nitrogens with zero attached hydrogens (tertiary/aromatic N) is 1. The molecule has 0 spiro atoms. The van der Waals surface area contributed by atoms with Crippen molar-refractivity contribution in [2.75, 3.05) is 18.6 Å². The predicted octanol–water partition coefficient (Wildman–Crippen LogP) is 3.60. The molecule has 14 nitrogen and oxygen atoms in total. The Balaban J connectivity index is 1.58. The molecule has 1 aliphatic heterocycles. The molecule has 0 unspecified atom stereocenters. The standard InChI is InChI=1S/C45H60N6O8S/c1-27(2)23-35(40(53)46-34(45(58)59)20-22-60-6)47-41(54)36(25-30-13-8-7-9-14-30)49-44(57)39(28(3)4)50-42(55)37(48-43(56)38-17-12-21-51(38)29(5)52)26-31-18-19-32-15-10-11-16-33(32)24-31/h7-11,13-16,18-19,24,27-28,34-39H,12,17,20-23,25-26H2,1-6H3,(H,46,53)(H,47,54)(H,48,56)(H,49,57)(H,50,55)(H,58,59)/t34-,35-,36-,37-,38-,39-/m0/s1. The zero-order chi connectivity index (χ0) is 43.9. The lowest BCUT2D eigenvalue weighted by Crippen LogP contribution is -2.61. The van der Waals surface area contributed by atoms with Gasteiger partial charge in [-0.25, -0.2) is 4.79 Å². The molecule has 0 radical (unpaired) electrons. The number of carboxylic acids is 1. The minimum absolute atomic E-state index is 0.0490. The molecule has 0 aromatic heterocycles. The normalized spacial score (nSPS) is 16.3. The number of nitrogens with one attached hydrogen (secondary N) is 5. The average Bonchev–Trinajstić information content (AvgIpc) is 3.71. The molecule has 0 aliphatic carbocycles. The highest BCUT2D eigenvalue weighted by molar-refractivity contribution is 7.98. The van der Waals surface area contributed by atoms with Crippen molar-refractivity contribution < 1.29 is 38.7 Å². The van der Waals surface area contributed by atoms with Gasteiger partial charge in [-0.2, -0.15) is 11.8 Å². The van der Waals surface area contributed by atoms with Crippen LogP contribution in [-0.2, 0) is 46.4 Å². The SMILES string of the molecule is CSCC[C@H](NC(=O)[C@H](CC(C)C)NC(=O)[C@H](Cc1ccccc1)NC(=O)[C@@H](NC(=O)[C@H](Cc1ccc2ccccc2c1)NC(=O)[C@@H]1CCCN1C(C)=O)C(C)C)C(=O)O. The number of hydrogen-bond acceptors (Lipinski definition) is 8. The number of aliphatic carboxylic acids is 1.